The molecule has 4 aromatic rings. The summed E-state index contributed by atoms with van der Waals surface area (Å²) >= 11 is 0. The summed E-state index contributed by atoms with van der Waals surface area (Å²) in [5, 5.41) is 3.99. The number of para-hydroxylation sites is 4. The fraction of sp³-hybridized carbons (Fsp3) is 0.517. The van der Waals surface area contributed by atoms with E-state index in [2.05, 4.69) is 141 Å². The maximum Gasteiger partial charge on any atom is 0.362 e. The van der Waals surface area contributed by atoms with Crippen molar-refractivity contribution in [3.63, 3.8) is 0 Å². The molecular formula is C29H44N6P+. The van der Waals surface area contributed by atoms with Gasteiger partial charge in [-0.25, -0.2) is 14.2 Å². The van der Waals surface area contributed by atoms with Crippen LogP contribution in [0.25, 0.3) is 22.1 Å². The summed E-state index contributed by atoms with van der Waals surface area (Å²) in [4.78, 5) is 0. The highest BCUT2D eigenvalue weighted by molar-refractivity contribution is 7.58. The summed E-state index contributed by atoms with van der Waals surface area (Å²) < 4.78 is 15.3. The highest BCUT2D eigenvalue weighted by Gasteiger charge is 2.31. The third-order valence-corrected chi connectivity index (χ3v) is 8.46. The van der Waals surface area contributed by atoms with Gasteiger partial charge in [0.05, 0.1) is 23.1 Å². The zero-order valence-corrected chi connectivity index (χ0v) is 24.6. The summed E-state index contributed by atoms with van der Waals surface area (Å²) in [6.07, 6.45) is 0. The molecule has 4 rings (SSSR count). The lowest BCUT2D eigenvalue weighted by atomic mass is 10.3. The molecule has 0 bridgehead atoms. The summed E-state index contributed by atoms with van der Waals surface area (Å²) in [5.41, 5.74) is 6.42. The van der Waals surface area contributed by atoms with Gasteiger partial charge < -0.3 is 9.13 Å². The van der Waals surface area contributed by atoms with Crippen LogP contribution in [0, 0.1) is 0 Å². The molecule has 0 saturated carbocycles. The summed E-state index contributed by atoms with van der Waals surface area (Å²) in [6, 6.07) is 18.7. The van der Waals surface area contributed by atoms with Crippen LogP contribution in [-0.4, -0.2) is 19.4 Å². The first-order valence-electron chi connectivity index (χ1n) is 13.4. The van der Waals surface area contributed by atoms with E-state index in [0.29, 0.717) is 29.8 Å². The van der Waals surface area contributed by atoms with Gasteiger partial charge in [-0.15, -0.1) is 0 Å². The Morgan fingerprint density at radius 2 is 1.14 bits per heavy atom. The van der Waals surface area contributed by atoms with E-state index in [-0.39, 0.29) is 0 Å². The summed E-state index contributed by atoms with van der Waals surface area (Å²) in [5.74, 6) is 1.15. The molecule has 194 valence electrons. The standard InChI is InChI=1S/C29H43N6P/c1-19(2)32-24-15-11-12-16-25(24)33(20(3)4)28(32)30-36(23(9)10)31-29-34(21(5)6)26-17-13-14-18-27(26)35(29)22(7)8/h11-23H,1-10H3/p+1. The number of fused-ring (bicyclic) bond motifs is 2. The van der Waals surface area contributed by atoms with Crippen LogP contribution in [0.3, 0.4) is 0 Å². The first-order chi connectivity index (χ1) is 17.0. The molecule has 0 saturated heterocycles. The van der Waals surface area contributed by atoms with Gasteiger partial charge in [-0.3, -0.25) is 0 Å². The van der Waals surface area contributed by atoms with Gasteiger partial charge in [0.1, 0.15) is 11.0 Å². The van der Waals surface area contributed by atoms with Crippen molar-refractivity contribution in [3.8, 4) is 0 Å². The van der Waals surface area contributed by atoms with E-state index in [1.807, 2.05) is 0 Å². The number of benzene rings is 2. The molecule has 7 heteroatoms. The van der Waals surface area contributed by atoms with Crippen molar-refractivity contribution < 1.29 is 4.57 Å². The zero-order chi connectivity index (χ0) is 26.3. The molecular weight excluding hydrogens is 463 g/mol. The van der Waals surface area contributed by atoms with E-state index in [9.17, 15) is 0 Å². The van der Waals surface area contributed by atoms with Gasteiger partial charge >= 0.3 is 5.95 Å². The van der Waals surface area contributed by atoms with Gasteiger partial charge in [0.25, 0.3) is 0 Å². The van der Waals surface area contributed by atoms with E-state index >= 15 is 0 Å². The Labute approximate surface area is 217 Å². The fourth-order valence-electron chi connectivity index (χ4n) is 5.16. The minimum Gasteiger partial charge on any atom is -0.307 e. The molecule has 0 aliphatic carbocycles. The molecule has 1 unspecified atom stereocenters. The van der Waals surface area contributed by atoms with Gasteiger partial charge in [0.15, 0.2) is 8.22 Å². The maximum atomic E-state index is 5.56. The SMILES string of the molecule is CC(C)n1c(NP(N=c2n(C(C)C)c3ccccc3n2C(C)C)C(C)C)[n+](C(C)C)c2ccccc21. The van der Waals surface area contributed by atoms with Crippen molar-refractivity contribution in [2.75, 3.05) is 5.09 Å². The van der Waals surface area contributed by atoms with Crippen molar-refractivity contribution in [1.82, 2.24) is 13.7 Å². The Balaban J connectivity index is 2.00. The van der Waals surface area contributed by atoms with Crippen LogP contribution >= 0.6 is 8.22 Å². The first-order valence-corrected chi connectivity index (χ1v) is 14.8. The number of imidazole rings is 2. The molecule has 0 amide bonds. The van der Waals surface area contributed by atoms with Crippen LogP contribution in [0.2, 0.25) is 0 Å². The van der Waals surface area contributed by atoms with E-state index in [4.69, 9.17) is 4.76 Å². The molecule has 2 aromatic carbocycles. The predicted molar refractivity (Wildman–Crippen MR) is 155 cm³/mol. The van der Waals surface area contributed by atoms with Crippen molar-refractivity contribution in [1.29, 1.82) is 0 Å². The quantitative estimate of drug-likeness (QED) is 0.192. The number of hydrogen-bond donors (Lipinski definition) is 1. The van der Waals surface area contributed by atoms with Crippen LogP contribution in [0.1, 0.15) is 93.4 Å². The maximum absolute atomic E-state index is 5.56. The van der Waals surface area contributed by atoms with Crippen LogP contribution in [0.4, 0.5) is 5.95 Å². The molecule has 0 fully saturated rings. The Morgan fingerprint density at radius 1 is 0.667 bits per heavy atom. The number of anilines is 1. The molecule has 0 aliphatic rings. The zero-order valence-electron chi connectivity index (χ0n) is 23.7. The van der Waals surface area contributed by atoms with Gasteiger partial charge in [-0.05, 0) is 79.7 Å². The molecule has 1 N–H and O–H groups in total. The normalized spacial score (nSPS) is 13.3. The third kappa shape index (κ3) is 4.61. The Morgan fingerprint density at radius 3 is 1.58 bits per heavy atom. The predicted octanol–water partition coefficient (Wildman–Crippen LogP) is 7.74. The lowest BCUT2D eigenvalue weighted by molar-refractivity contribution is -0.677. The molecule has 2 heterocycles. The molecule has 36 heavy (non-hydrogen) atoms. The number of nitrogens with one attached hydrogen (secondary N) is 1. The number of hydrogen-bond acceptors (Lipinski definition) is 2. The Bertz CT molecular complexity index is 1320. The van der Waals surface area contributed by atoms with Crippen LogP contribution in [0.5, 0.6) is 0 Å². The molecule has 0 aliphatic heterocycles. The average Bonchev–Trinajstić information content (AvgIpc) is 3.30. The lowest BCUT2D eigenvalue weighted by Gasteiger charge is -2.19. The molecule has 2 aromatic heterocycles. The van der Waals surface area contributed by atoms with E-state index in [0.717, 1.165) is 11.6 Å². The van der Waals surface area contributed by atoms with E-state index in [1.54, 1.807) is 0 Å². The smallest absolute Gasteiger partial charge is 0.307 e. The largest absolute Gasteiger partial charge is 0.362 e. The summed E-state index contributed by atoms with van der Waals surface area (Å²) in [6.45, 7) is 22.6. The third-order valence-electron chi connectivity index (χ3n) is 6.66. The monoisotopic (exact) mass is 507 g/mol. The van der Waals surface area contributed by atoms with Crippen LogP contribution in [0.15, 0.2) is 53.3 Å². The van der Waals surface area contributed by atoms with Gasteiger partial charge in [-0.2, -0.15) is 4.76 Å². The number of aromatic nitrogens is 4. The summed E-state index contributed by atoms with van der Waals surface area (Å²) in [7, 11) is -0.918. The van der Waals surface area contributed by atoms with Crippen molar-refractivity contribution in [2.24, 2.45) is 4.76 Å². The lowest BCUT2D eigenvalue weighted by Crippen LogP contribution is -2.39. The highest BCUT2D eigenvalue weighted by atomic mass is 31.1. The van der Waals surface area contributed by atoms with Crippen molar-refractivity contribution >= 4 is 36.2 Å². The van der Waals surface area contributed by atoms with E-state index < -0.39 is 8.22 Å². The van der Waals surface area contributed by atoms with Crippen LogP contribution in [-0.2, 0) is 0 Å². The Kier molecular flexibility index (Phi) is 7.66. The fourth-order valence-corrected chi connectivity index (χ4v) is 6.50. The van der Waals surface area contributed by atoms with Crippen molar-refractivity contribution in [2.45, 2.75) is 99.1 Å². The van der Waals surface area contributed by atoms with Gasteiger partial charge in [-0.1, -0.05) is 38.1 Å². The molecule has 1 atom stereocenters. The minimum absolute atomic E-state index is 0.306. The van der Waals surface area contributed by atoms with Gasteiger partial charge in [0, 0.05) is 17.7 Å². The molecule has 6 nitrogen and oxygen atoms in total. The second-order valence-electron chi connectivity index (χ2n) is 11.1. The first kappa shape index (κ1) is 26.5. The minimum atomic E-state index is -0.918. The van der Waals surface area contributed by atoms with Crippen molar-refractivity contribution in [3.05, 3.63) is 54.1 Å². The molecule has 0 spiro atoms. The highest BCUT2D eigenvalue weighted by Crippen LogP contribution is 2.43. The van der Waals surface area contributed by atoms with Gasteiger partial charge in [0.2, 0.25) is 5.62 Å². The second-order valence-corrected chi connectivity index (χ2v) is 13.3. The number of rotatable bonds is 8. The van der Waals surface area contributed by atoms with Crippen LogP contribution < -0.4 is 15.3 Å². The second kappa shape index (κ2) is 10.4. The van der Waals surface area contributed by atoms with E-state index in [1.165, 1.54) is 22.1 Å². The number of nitrogens with zero attached hydrogens (tertiary/aromatic N) is 5. The molecule has 0 radical (unpaired) electrons. The Hall–Kier alpha value is -2.59. The average molecular weight is 508 g/mol. The topological polar surface area (TPSA) is 43.1 Å².